The number of nitrogens with one attached hydrogen (secondary N) is 2. The second-order valence-electron chi connectivity index (χ2n) is 6.25. The molecule has 3 aromatic heterocycles. The molecule has 0 aliphatic carbocycles. The second kappa shape index (κ2) is 7.11. The fourth-order valence-corrected chi connectivity index (χ4v) is 3.15. The maximum Gasteiger partial charge on any atom is 0.251 e. The molecule has 3 aromatic rings. The first-order chi connectivity index (χ1) is 13.5. The molecule has 4 N–H and O–H groups in total. The Labute approximate surface area is 159 Å². The van der Waals surface area contributed by atoms with E-state index < -0.39 is 30.4 Å². The van der Waals surface area contributed by atoms with Crippen LogP contribution in [0.3, 0.4) is 0 Å². The number of pyridine rings is 1. The summed E-state index contributed by atoms with van der Waals surface area (Å²) in [6.07, 6.45) is -0.253. The quantitative estimate of drug-likeness (QED) is 0.457. The number of hydrogen-bond donors (Lipinski definition) is 4. The fourth-order valence-electron chi connectivity index (χ4n) is 3.15. The second-order valence-corrected chi connectivity index (χ2v) is 6.25. The molecule has 1 saturated heterocycles. The maximum absolute atomic E-state index is 11.9. The van der Waals surface area contributed by atoms with Crippen molar-refractivity contribution in [3.63, 3.8) is 0 Å². The Balaban J connectivity index is 1.81. The number of amides is 1. The van der Waals surface area contributed by atoms with Gasteiger partial charge in [0.15, 0.2) is 35.1 Å². The number of anilines is 1. The zero-order chi connectivity index (χ0) is 19.8. The highest BCUT2D eigenvalue weighted by molar-refractivity contribution is 5.85. The molecule has 1 fully saturated rings. The third kappa shape index (κ3) is 2.85. The standard InChI is InChI=1S/C17H19N7O4/c1-18-14-9-15(23-13(22-14)8-4-3-5-20-6-8)24(7-21-9)17-11(26)10(25)12(28-17)16(27)19-2/h3-7,10-12,17,25-26H,1-2H3,(H,19,27)(H,18,22,23)/t10-,11+,12-,17+/m0/s1. The lowest BCUT2D eigenvalue weighted by molar-refractivity contribution is -0.137. The Kier molecular flexibility index (Phi) is 4.63. The molecule has 0 aromatic carbocycles. The van der Waals surface area contributed by atoms with Crippen LogP contribution in [0.5, 0.6) is 0 Å². The Hall–Kier alpha value is -3.15. The van der Waals surface area contributed by atoms with Crippen molar-refractivity contribution in [2.45, 2.75) is 24.5 Å². The number of carbonyl (C=O) groups is 1. The normalized spacial score (nSPS) is 24.4. The number of rotatable bonds is 4. The highest BCUT2D eigenvalue weighted by Crippen LogP contribution is 2.33. The monoisotopic (exact) mass is 385 g/mol. The number of aromatic nitrogens is 5. The first-order valence-corrected chi connectivity index (χ1v) is 8.61. The molecule has 4 heterocycles. The number of imidazole rings is 1. The van der Waals surface area contributed by atoms with Crippen LogP contribution in [0.25, 0.3) is 22.6 Å². The average Bonchev–Trinajstić information content (AvgIpc) is 3.28. The topological polar surface area (TPSA) is 147 Å². The molecule has 0 bridgehead atoms. The Morgan fingerprint density at radius 1 is 1.25 bits per heavy atom. The van der Waals surface area contributed by atoms with E-state index in [1.165, 1.54) is 17.9 Å². The number of aliphatic hydroxyl groups is 2. The third-order valence-electron chi connectivity index (χ3n) is 4.60. The van der Waals surface area contributed by atoms with Crippen molar-refractivity contribution >= 4 is 22.9 Å². The number of aliphatic hydroxyl groups excluding tert-OH is 2. The number of carbonyl (C=O) groups excluding carboxylic acids is 1. The van der Waals surface area contributed by atoms with Crippen molar-refractivity contribution in [1.82, 2.24) is 29.8 Å². The molecular formula is C17H19N7O4. The summed E-state index contributed by atoms with van der Waals surface area (Å²) in [7, 11) is 3.14. The molecular weight excluding hydrogens is 366 g/mol. The smallest absolute Gasteiger partial charge is 0.251 e. The van der Waals surface area contributed by atoms with Crippen LogP contribution in [0.2, 0.25) is 0 Å². The van der Waals surface area contributed by atoms with Gasteiger partial charge in [-0.3, -0.25) is 14.3 Å². The predicted octanol–water partition coefficient (Wildman–Crippen LogP) is -0.705. The molecule has 11 heteroatoms. The molecule has 1 amide bonds. The van der Waals surface area contributed by atoms with E-state index in [2.05, 4.69) is 30.6 Å². The van der Waals surface area contributed by atoms with Crippen molar-refractivity contribution in [3.8, 4) is 11.4 Å². The van der Waals surface area contributed by atoms with E-state index in [1.54, 1.807) is 25.5 Å². The molecule has 1 aliphatic rings. The average molecular weight is 385 g/mol. The molecule has 0 radical (unpaired) electrons. The van der Waals surface area contributed by atoms with Crippen molar-refractivity contribution in [2.75, 3.05) is 19.4 Å². The van der Waals surface area contributed by atoms with E-state index in [0.29, 0.717) is 28.4 Å². The van der Waals surface area contributed by atoms with Crippen LogP contribution in [-0.4, -0.2) is 73.0 Å². The fraction of sp³-hybridized carbons (Fsp3) is 0.353. The first-order valence-electron chi connectivity index (χ1n) is 8.61. The van der Waals surface area contributed by atoms with Crippen LogP contribution in [-0.2, 0) is 9.53 Å². The summed E-state index contributed by atoms with van der Waals surface area (Å²) in [5.41, 5.74) is 1.54. The first kappa shape index (κ1) is 18.2. The molecule has 0 unspecified atom stereocenters. The van der Waals surface area contributed by atoms with E-state index in [1.807, 2.05) is 6.07 Å². The summed E-state index contributed by atoms with van der Waals surface area (Å²) in [5.74, 6) is 0.362. The number of nitrogens with zero attached hydrogens (tertiary/aromatic N) is 5. The summed E-state index contributed by atoms with van der Waals surface area (Å²) in [5, 5.41) is 26.0. The van der Waals surface area contributed by atoms with Crippen LogP contribution in [0.15, 0.2) is 30.9 Å². The highest BCUT2D eigenvalue weighted by atomic mass is 16.6. The third-order valence-corrected chi connectivity index (χ3v) is 4.60. The van der Waals surface area contributed by atoms with E-state index in [0.717, 1.165) is 0 Å². The van der Waals surface area contributed by atoms with E-state index in [9.17, 15) is 15.0 Å². The number of hydrogen-bond acceptors (Lipinski definition) is 9. The lowest BCUT2D eigenvalue weighted by Crippen LogP contribution is -2.41. The van der Waals surface area contributed by atoms with Gasteiger partial charge in [0, 0.05) is 32.1 Å². The van der Waals surface area contributed by atoms with Crippen LogP contribution in [0.1, 0.15) is 6.23 Å². The van der Waals surface area contributed by atoms with Crippen molar-refractivity contribution < 1.29 is 19.7 Å². The van der Waals surface area contributed by atoms with Crippen molar-refractivity contribution in [3.05, 3.63) is 30.9 Å². The van der Waals surface area contributed by atoms with Gasteiger partial charge < -0.3 is 25.6 Å². The van der Waals surface area contributed by atoms with Gasteiger partial charge in [0.25, 0.3) is 5.91 Å². The molecule has 146 valence electrons. The Morgan fingerprint density at radius 2 is 2.07 bits per heavy atom. The number of likely N-dealkylation sites (N-methyl/N-ethyl adjacent to an activating group) is 1. The van der Waals surface area contributed by atoms with Gasteiger partial charge in [-0.1, -0.05) is 0 Å². The zero-order valence-electron chi connectivity index (χ0n) is 15.1. The van der Waals surface area contributed by atoms with E-state index >= 15 is 0 Å². The van der Waals surface area contributed by atoms with E-state index in [4.69, 9.17) is 4.74 Å². The lowest BCUT2D eigenvalue weighted by atomic mass is 10.1. The van der Waals surface area contributed by atoms with Gasteiger partial charge in [-0.25, -0.2) is 15.0 Å². The minimum Gasteiger partial charge on any atom is -0.387 e. The SMILES string of the molecule is CNC(=O)[C@H]1O[C@@H](n2cnc3c(NC)nc(-c4cccnc4)nc32)[C@H](O)[C@@H]1O. The highest BCUT2D eigenvalue weighted by Gasteiger charge is 2.47. The lowest BCUT2D eigenvalue weighted by Gasteiger charge is -2.16. The van der Waals surface area contributed by atoms with Gasteiger partial charge in [-0.15, -0.1) is 0 Å². The summed E-state index contributed by atoms with van der Waals surface area (Å²) in [6.45, 7) is 0. The van der Waals surface area contributed by atoms with Gasteiger partial charge in [-0.05, 0) is 12.1 Å². The summed E-state index contributed by atoms with van der Waals surface area (Å²) < 4.78 is 7.11. The molecule has 0 spiro atoms. The predicted molar refractivity (Wildman–Crippen MR) is 98.1 cm³/mol. The minimum absolute atomic E-state index is 0.381. The summed E-state index contributed by atoms with van der Waals surface area (Å²) in [4.78, 5) is 29.3. The van der Waals surface area contributed by atoms with Crippen LogP contribution < -0.4 is 10.6 Å². The van der Waals surface area contributed by atoms with Crippen LogP contribution >= 0.6 is 0 Å². The number of fused-ring (bicyclic) bond motifs is 1. The summed E-state index contributed by atoms with van der Waals surface area (Å²) in [6, 6.07) is 3.59. The van der Waals surface area contributed by atoms with Gasteiger partial charge in [0.05, 0.1) is 6.33 Å². The minimum atomic E-state index is -1.38. The maximum atomic E-state index is 11.9. The zero-order valence-corrected chi connectivity index (χ0v) is 15.1. The van der Waals surface area contributed by atoms with Crippen LogP contribution in [0, 0.1) is 0 Å². The van der Waals surface area contributed by atoms with E-state index in [-0.39, 0.29) is 0 Å². The van der Waals surface area contributed by atoms with Gasteiger partial charge >= 0.3 is 0 Å². The van der Waals surface area contributed by atoms with Crippen molar-refractivity contribution in [2.24, 2.45) is 0 Å². The van der Waals surface area contributed by atoms with Gasteiger partial charge in [0.2, 0.25) is 0 Å². The van der Waals surface area contributed by atoms with Crippen molar-refractivity contribution in [1.29, 1.82) is 0 Å². The Bertz CT molecular complexity index is 1010. The van der Waals surface area contributed by atoms with Gasteiger partial charge in [-0.2, -0.15) is 0 Å². The number of ether oxygens (including phenoxy) is 1. The molecule has 4 rings (SSSR count). The molecule has 28 heavy (non-hydrogen) atoms. The molecule has 0 saturated carbocycles. The molecule has 1 aliphatic heterocycles. The summed E-state index contributed by atoms with van der Waals surface area (Å²) >= 11 is 0. The molecule has 11 nitrogen and oxygen atoms in total. The van der Waals surface area contributed by atoms with Gasteiger partial charge in [0.1, 0.15) is 12.2 Å². The Morgan fingerprint density at radius 3 is 2.75 bits per heavy atom. The van der Waals surface area contributed by atoms with Crippen LogP contribution in [0.4, 0.5) is 5.82 Å². The molecule has 4 atom stereocenters. The largest absolute Gasteiger partial charge is 0.387 e.